The molecule has 76 valence electrons. The van der Waals surface area contributed by atoms with Gasteiger partial charge in [-0.15, -0.1) is 0 Å². The second kappa shape index (κ2) is 4.66. The highest BCUT2D eigenvalue weighted by atomic mass is 16.2. The van der Waals surface area contributed by atoms with Crippen molar-refractivity contribution in [1.82, 2.24) is 10.2 Å². The fourth-order valence-electron chi connectivity index (χ4n) is 1.50. The van der Waals surface area contributed by atoms with Crippen molar-refractivity contribution in [3.63, 3.8) is 0 Å². The molecule has 0 atom stereocenters. The van der Waals surface area contributed by atoms with Crippen LogP contribution in [0.25, 0.3) is 0 Å². The minimum atomic E-state index is -0.142. The van der Waals surface area contributed by atoms with E-state index < -0.39 is 0 Å². The smallest absolute Gasteiger partial charge is 0.266 e. The van der Waals surface area contributed by atoms with Crippen LogP contribution in [-0.4, -0.2) is 30.9 Å². The number of nitrogens with zero attached hydrogens (tertiary/aromatic N) is 2. The Hall–Kier alpha value is -1.50. The predicted molar refractivity (Wildman–Crippen MR) is 53.2 cm³/mol. The number of hydrogen-bond donors (Lipinski definition) is 1. The van der Waals surface area contributed by atoms with E-state index in [1.165, 1.54) is 0 Å². The van der Waals surface area contributed by atoms with Crippen LogP contribution in [0.1, 0.15) is 19.8 Å². The fraction of sp³-hybridized carbons (Fsp3) is 0.600. The molecular formula is C10H15N3O. The van der Waals surface area contributed by atoms with Crippen LogP contribution in [0.15, 0.2) is 11.3 Å². The molecule has 1 amide bonds. The monoisotopic (exact) mass is 193 g/mol. The first-order valence-corrected chi connectivity index (χ1v) is 4.78. The molecule has 0 radical (unpaired) electrons. The number of hydrogen-bond acceptors (Lipinski definition) is 3. The minimum Gasteiger partial charge on any atom is -0.390 e. The van der Waals surface area contributed by atoms with E-state index in [-0.39, 0.29) is 11.5 Å². The zero-order valence-corrected chi connectivity index (χ0v) is 8.63. The summed E-state index contributed by atoms with van der Waals surface area (Å²) in [4.78, 5) is 13.5. The lowest BCUT2D eigenvalue weighted by Gasteiger charge is -2.15. The second-order valence-corrected chi connectivity index (χ2v) is 3.36. The Kier molecular flexibility index (Phi) is 3.52. The van der Waals surface area contributed by atoms with Crippen molar-refractivity contribution < 1.29 is 4.79 Å². The third-order valence-electron chi connectivity index (χ3n) is 2.47. The summed E-state index contributed by atoms with van der Waals surface area (Å²) in [6, 6.07) is 1.96. The van der Waals surface area contributed by atoms with E-state index in [1.54, 1.807) is 18.9 Å². The Morgan fingerprint density at radius 2 is 2.00 bits per heavy atom. The maximum absolute atomic E-state index is 11.8. The molecule has 0 aliphatic carbocycles. The number of nitrogens with one attached hydrogen (secondary N) is 1. The summed E-state index contributed by atoms with van der Waals surface area (Å²) in [5.41, 5.74) is 0.874. The first-order valence-electron chi connectivity index (χ1n) is 4.78. The Morgan fingerprint density at radius 3 is 2.43 bits per heavy atom. The first-order chi connectivity index (χ1) is 6.70. The third kappa shape index (κ3) is 2.05. The molecule has 0 aromatic carbocycles. The van der Waals surface area contributed by atoms with E-state index in [0.29, 0.717) is 5.70 Å². The van der Waals surface area contributed by atoms with Crippen LogP contribution in [0, 0.1) is 11.3 Å². The average Bonchev–Trinajstić information content (AvgIpc) is 2.71. The molecule has 1 heterocycles. The zero-order chi connectivity index (χ0) is 10.6. The molecular weight excluding hydrogens is 178 g/mol. The Morgan fingerprint density at radius 1 is 1.43 bits per heavy atom. The molecule has 0 bridgehead atoms. The van der Waals surface area contributed by atoms with Gasteiger partial charge in [0.05, 0.1) is 0 Å². The van der Waals surface area contributed by atoms with Gasteiger partial charge in [-0.1, -0.05) is 0 Å². The van der Waals surface area contributed by atoms with Gasteiger partial charge < -0.3 is 10.2 Å². The van der Waals surface area contributed by atoms with Crippen molar-refractivity contribution >= 4 is 5.91 Å². The van der Waals surface area contributed by atoms with Crippen LogP contribution in [0.5, 0.6) is 0 Å². The maximum atomic E-state index is 11.8. The molecule has 1 saturated heterocycles. The van der Waals surface area contributed by atoms with Crippen LogP contribution in [0.4, 0.5) is 0 Å². The zero-order valence-electron chi connectivity index (χ0n) is 8.63. The Balaban J connectivity index is 2.81. The van der Waals surface area contributed by atoms with Crippen LogP contribution < -0.4 is 5.32 Å². The molecule has 1 N–H and O–H groups in total. The molecule has 1 aliphatic heterocycles. The van der Waals surface area contributed by atoms with Gasteiger partial charge in [0.2, 0.25) is 0 Å². The van der Waals surface area contributed by atoms with Crippen LogP contribution in [0.3, 0.4) is 0 Å². The lowest BCUT2D eigenvalue weighted by Crippen LogP contribution is -2.30. The molecule has 0 spiro atoms. The lowest BCUT2D eigenvalue weighted by atomic mass is 10.2. The number of allylic oxidation sites excluding steroid dienone is 1. The summed E-state index contributed by atoms with van der Waals surface area (Å²) in [5.74, 6) is -0.142. The van der Waals surface area contributed by atoms with E-state index in [0.717, 1.165) is 25.9 Å². The van der Waals surface area contributed by atoms with E-state index >= 15 is 0 Å². The van der Waals surface area contributed by atoms with Gasteiger partial charge in [-0.2, -0.15) is 5.26 Å². The van der Waals surface area contributed by atoms with Crippen molar-refractivity contribution in [3.05, 3.63) is 11.3 Å². The average molecular weight is 193 g/mol. The van der Waals surface area contributed by atoms with Gasteiger partial charge in [0.25, 0.3) is 5.91 Å². The van der Waals surface area contributed by atoms with E-state index in [1.807, 2.05) is 6.07 Å². The number of carbonyl (C=O) groups excluding carboxylic acids is 1. The van der Waals surface area contributed by atoms with Crippen molar-refractivity contribution in [1.29, 1.82) is 5.26 Å². The van der Waals surface area contributed by atoms with Crippen LogP contribution in [0.2, 0.25) is 0 Å². The van der Waals surface area contributed by atoms with E-state index in [4.69, 9.17) is 5.26 Å². The molecule has 4 nitrogen and oxygen atoms in total. The fourth-order valence-corrected chi connectivity index (χ4v) is 1.50. The molecule has 0 unspecified atom stereocenters. The number of carbonyl (C=O) groups is 1. The van der Waals surface area contributed by atoms with Gasteiger partial charge in [0.1, 0.15) is 11.6 Å². The van der Waals surface area contributed by atoms with Gasteiger partial charge in [0.15, 0.2) is 0 Å². The van der Waals surface area contributed by atoms with Gasteiger partial charge in [-0.25, -0.2) is 0 Å². The van der Waals surface area contributed by atoms with Crippen molar-refractivity contribution in [2.45, 2.75) is 19.8 Å². The summed E-state index contributed by atoms with van der Waals surface area (Å²) in [6.07, 6.45) is 2.09. The normalized spacial score (nSPS) is 17.4. The molecule has 1 rings (SSSR count). The quantitative estimate of drug-likeness (QED) is 0.517. The predicted octanol–water partition coefficient (Wildman–Crippen LogP) is 0.626. The molecule has 14 heavy (non-hydrogen) atoms. The first kappa shape index (κ1) is 10.6. The largest absolute Gasteiger partial charge is 0.390 e. The molecule has 0 saturated carbocycles. The topological polar surface area (TPSA) is 56.1 Å². The minimum absolute atomic E-state index is 0.142. The molecule has 0 aromatic heterocycles. The molecule has 0 aromatic rings. The second-order valence-electron chi connectivity index (χ2n) is 3.36. The van der Waals surface area contributed by atoms with Crippen LogP contribution >= 0.6 is 0 Å². The lowest BCUT2D eigenvalue weighted by molar-refractivity contribution is -0.125. The van der Waals surface area contributed by atoms with Gasteiger partial charge in [0, 0.05) is 25.8 Å². The number of nitriles is 1. The third-order valence-corrected chi connectivity index (χ3v) is 2.47. The molecule has 1 aliphatic rings. The van der Waals surface area contributed by atoms with Crippen molar-refractivity contribution in [2.75, 3.05) is 20.1 Å². The van der Waals surface area contributed by atoms with Crippen molar-refractivity contribution in [2.24, 2.45) is 0 Å². The number of rotatable bonds is 2. The summed E-state index contributed by atoms with van der Waals surface area (Å²) in [5, 5.41) is 11.7. The van der Waals surface area contributed by atoms with Gasteiger partial charge >= 0.3 is 0 Å². The molecule has 1 fully saturated rings. The van der Waals surface area contributed by atoms with E-state index in [9.17, 15) is 4.79 Å². The SMILES string of the molecule is CN/C(C)=C(/C#N)C(=O)N1CCCC1. The van der Waals surface area contributed by atoms with Crippen LogP contribution in [-0.2, 0) is 4.79 Å². The number of likely N-dealkylation sites (tertiary alicyclic amines) is 1. The Bertz CT molecular complexity index is 295. The van der Waals surface area contributed by atoms with Gasteiger partial charge in [-0.05, 0) is 19.8 Å². The van der Waals surface area contributed by atoms with Gasteiger partial charge in [-0.3, -0.25) is 4.79 Å². The highest BCUT2D eigenvalue weighted by Crippen LogP contribution is 2.12. The maximum Gasteiger partial charge on any atom is 0.266 e. The summed E-state index contributed by atoms with van der Waals surface area (Å²) < 4.78 is 0. The molecule has 4 heteroatoms. The summed E-state index contributed by atoms with van der Waals surface area (Å²) in [6.45, 7) is 3.30. The Labute approximate surface area is 84.2 Å². The van der Waals surface area contributed by atoms with E-state index in [2.05, 4.69) is 5.32 Å². The highest BCUT2D eigenvalue weighted by molar-refractivity contribution is 5.98. The number of amides is 1. The highest BCUT2D eigenvalue weighted by Gasteiger charge is 2.22. The summed E-state index contributed by atoms with van der Waals surface area (Å²) in [7, 11) is 1.71. The van der Waals surface area contributed by atoms with Crippen molar-refractivity contribution in [3.8, 4) is 6.07 Å². The summed E-state index contributed by atoms with van der Waals surface area (Å²) >= 11 is 0. The standard InChI is InChI=1S/C10H15N3O/c1-8(12-2)9(7-11)10(14)13-5-3-4-6-13/h12H,3-6H2,1-2H3/b9-8-.